The number of aromatic nitrogens is 4. The van der Waals surface area contributed by atoms with Gasteiger partial charge in [0.1, 0.15) is 16.9 Å². The molecule has 2 aromatic carbocycles. The van der Waals surface area contributed by atoms with Crippen LogP contribution >= 0.6 is 11.3 Å². The van der Waals surface area contributed by atoms with E-state index in [0.717, 1.165) is 10.9 Å². The van der Waals surface area contributed by atoms with Gasteiger partial charge in [-0.3, -0.25) is 0 Å². The predicted octanol–water partition coefficient (Wildman–Crippen LogP) is 5.49. The summed E-state index contributed by atoms with van der Waals surface area (Å²) in [5.74, 6) is 0.715. The van der Waals surface area contributed by atoms with Crippen molar-refractivity contribution in [1.82, 2.24) is 19.7 Å². The second kappa shape index (κ2) is 7.46. The van der Waals surface area contributed by atoms with Crippen molar-refractivity contribution < 1.29 is 17.7 Å². The maximum atomic E-state index is 12.9. The van der Waals surface area contributed by atoms with Gasteiger partial charge in [-0.15, -0.1) is 11.3 Å². The van der Waals surface area contributed by atoms with E-state index in [1.165, 1.54) is 23.0 Å². The van der Waals surface area contributed by atoms with Gasteiger partial charge in [-0.2, -0.15) is 23.4 Å². The summed E-state index contributed by atoms with van der Waals surface area (Å²) in [4.78, 5) is 8.15. The SMILES string of the molecule is Cn1cc(C(F)(F)F)nc1-c1ccc(-c2noc(-c3cccc4sc(N)c(C#N)c34)n2)cc1. The zero-order valence-electron chi connectivity index (χ0n) is 16.9. The quantitative estimate of drug-likeness (QED) is 0.377. The summed E-state index contributed by atoms with van der Waals surface area (Å²) in [7, 11) is 1.50. The third kappa shape index (κ3) is 3.50. The topological polar surface area (TPSA) is 107 Å². The number of hydrogen-bond acceptors (Lipinski definition) is 7. The lowest BCUT2D eigenvalue weighted by atomic mass is 10.1. The molecule has 0 saturated heterocycles. The summed E-state index contributed by atoms with van der Waals surface area (Å²) < 4.78 is 46.4. The van der Waals surface area contributed by atoms with E-state index in [2.05, 4.69) is 21.2 Å². The van der Waals surface area contributed by atoms with Crippen LogP contribution in [0.2, 0.25) is 0 Å². The summed E-state index contributed by atoms with van der Waals surface area (Å²) in [6, 6.07) is 14.2. The number of anilines is 1. The Morgan fingerprint density at radius 2 is 1.82 bits per heavy atom. The Kier molecular flexibility index (Phi) is 4.68. The number of nitrogens with two attached hydrogens (primary N) is 1. The molecule has 164 valence electrons. The number of nitriles is 1. The number of benzene rings is 2. The van der Waals surface area contributed by atoms with Crippen molar-refractivity contribution in [3.05, 3.63) is 59.9 Å². The lowest BCUT2D eigenvalue weighted by molar-refractivity contribution is -0.140. The number of aryl methyl sites for hydroxylation is 1. The lowest BCUT2D eigenvalue weighted by Crippen LogP contribution is -2.04. The largest absolute Gasteiger partial charge is 0.434 e. The van der Waals surface area contributed by atoms with Gasteiger partial charge in [-0.25, -0.2) is 4.98 Å². The van der Waals surface area contributed by atoms with Crippen LogP contribution in [0.1, 0.15) is 11.3 Å². The van der Waals surface area contributed by atoms with Crippen LogP contribution in [-0.4, -0.2) is 19.7 Å². The highest BCUT2D eigenvalue weighted by molar-refractivity contribution is 7.23. The van der Waals surface area contributed by atoms with E-state index in [1.54, 1.807) is 30.3 Å². The van der Waals surface area contributed by atoms with Crippen molar-refractivity contribution in [3.8, 4) is 40.3 Å². The summed E-state index contributed by atoms with van der Waals surface area (Å²) >= 11 is 1.31. The molecular formula is C22H13F3N6OS. The van der Waals surface area contributed by atoms with Crippen molar-refractivity contribution in [2.75, 3.05) is 5.73 Å². The van der Waals surface area contributed by atoms with Crippen LogP contribution in [0.15, 0.2) is 53.2 Å². The molecule has 3 aromatic heterocycles. The molecule has 3 heterocycles. The third-order valence-corrected chi connectivity index (χ3v) is 6.06. The van der Waals surface area contributed by atoms with Crippen LogP contribution in [0.25, 0.3) is 44.3 Å². The maximum Gasteiger partial charge on any atom is 0.434 e. The molecule has 0 aliphatic heterocycles. The zero-order chi connectivity index (χ0) is 23.3. The van der Waals surface area contributed by atoms with Gasteiger partial charge in [-0.1, -0.05) is 35.5 Å². The Bertz CT molecular complexity index is 1540. The first kappa shape index (κ1) is 20.7. The van der Waals surface area contributed by atoms with Gasteiger partial charge in [0.15, 0.2) is 5.69 Å². The lowest BCUT2D eigenvalue weighted by Gasteiger charge is -2.02. The van der Waals surface area contributed by atoms with Crippen molar-refractivity contribution in [3.63, 3.8) is 0 Å². The molecule has 2 N–H and O–H groups in total. The number of halogens is 3. The van der Waals surface area contributed by atoms with E-state index in [-0.39, 0.29) is 11.7 Å². The first-order chi connectivity index (χ1) is 15.8. The second-order valence-corrected chi connectivity index (χ2v) is 8.27. The van der Waals surface area contributed by atoms with E-state index in [1.807, 2.05) is 12.1 Å². The molecule has 0 amide bonds. The Morgan fingerprint density at radius 3 is 2.48 bits per heavy atom. The molecule has 0 bridgehead atoms. The van der Waals surface area contributed by atoms with Gasteiger partial charge in [0, 0.05) is 40.0 Å². The maximum absolute atomic E-state index is 12.9. The van der Waals surface area contributed by atoms with Crippen LogP contribution in [-0.2, 0) is 13.2 Å². The molecule has 0 radical (unpaired) electrons. The van der Waals surface area contributed by atoms with E-state index < -0.39 is 11.9 Å². The van der Waals surface area contributed by atoms with E-state index in [4.69, 9.17) is 10.3 Å². The van der Waals surface area contributed by atoms with Crippen molar-refractivity contribution in [2.24, 2.45) is 7.05 Å². The van der Waals surface area contributed by atoms with Gasteiger partial charge < -0.3 is 14.8 Å². The van der Waals surface area contributed by atoms with Crippen LogP contribution in [0.3, 0.4) is 0 Å². The minimum Gasteiger partial charge on any atom is -0.389 e. The van der Waals surface area contributed by atoms with Gasteiger partial charge in [0.25, 0.3) is 5.89 Å². The summed E-state index contributed by atoms with van der Waals surface area (Å²) in [6.07, 6.45) is -3.57. The normalized spacial score (nSPS) is 11.7. The number of imidazole rings is 1. The molecule has 0 unspecified atom stereocenters. The van der Waals surface area contributed by atoms with E-state index in [0.29, 0.717) is 38.5 Å². The van der Waals surface area contributed by atoms with Gasteiger partial charge in [0.2, 0.25) is 5.82 Å². The molecule has 0 aliphatic rings. The highest BCUT2D eigenvalue weighted by Crippen LogP contribution is 2.39. The summed E-state index contributed by atoms with van der Waals surface area (Å²) in [6.45, 7) is 0. The fourth-order valence-electron chi connectivity index (χ4n) is 3.55. The van der Waals surface area contributed by atoms with Crippen molar-refractivity contribution >= 4 is 26.4 Å². The Labute approximate surface area is 188 Å². The summed E-state index contributed by atoms with van der Waals surface area (Å²) in [5, 5.41) is 14.6. The minimum atomic E-state index is -4.52. The monoisotopic (exact) mass is 466 g/mol. The van der Waals surface area contributed by atoms with Gasteiger partial charge in [0.05, 0.1) is 5.56 Å². The number of fused-ring (bicyclic) bond motifs is 1. The number of hydrogen-bond donors (Lipinski definition) is 1. The Balaban J connectivity index is 1.49. The first-order valence-electron chi connectivity index (χ1n) is 9.53. The van der Waals surface area contributed by atoms with Crippen LogP contribution in [0.4, 0.5) is 18.2 Å². The van der Waals surface area contributed by atoms with Crippen LogP contribution < -0.4 is 5.73 Å². The van der Waals surface area contributed by atoms with Crippen LogP contribution in [0.5, 0.6) is 0 Å². The zero-order valence-corrected chi connectivity index (χ0v) is 17.7. The summed E-state index contributed by atoms with van der Waals surface area (Å²) in [5.41, 5.74) is 7.09. The molecule has 11 heteroatoms. The second-order valence-electron chi connectivity index (χ2n) is 7.19. The fraction of sp³-hybridized carbons (Fsp3) is 0.0909. The molecular weight excluding hydrogens is 453 g/mol. The molecule has 7 nitrogen and oxygen atoms in total. The van der Waals surface area contributed by atoms with E-state index in [9.17, 15) is 18.4 Å². The molecule has 0 aliphatic carbocycles. The van der Waals surface area contributed by atoms with Gasteiger partial charge in [-0.05, 0) is 12.1 Å². The smallest absolute Gasteiger partial charge is 0.389 e. The Morgan fingerprint density at radius 1 is 1.09 bits per heavy atom. The highest BCUT2D eigenvalue weighted by Gasteiger charge is 2.34. The molecule has 0 atom stereocenters. The van der Waals surface area contributed by atoms with Crippen molar-refractivity contribution in [2.45, 2.75) is 6.18 Å². The molecule has 5 aromatic rings. The van der Waals surface area contributed by atoms with Crippen LogP contribution in [0, 0.1) is 11.3 Å². The average molecular weight is 466 g/mol. The van der Waals surface area contributed by atoms with Crippen molar-refractivity contribution in [1.29, 1.82) is 5.26 Å². The van der Waals surface area contributed by atoms with Gasteiger partial charge >= 0.3 is 6.18 Å². The fourth-order valence-corrected chi connectivity index (χ4v) is 4.49. The number of alkyl halides is 3. The number of thiophene rings is 1. The number of nitrogens with zero attached hydrogens (tertiary/aromatic N) is 5. The molecule has 0 fully saturated rings. The number of rotatable bonds is 3. The Hall–Kier alpha value is -4.17. The minimum absolute atomic E-state index is 0.188. The molecule has 5 rings (SSSR count). The third-order valence-electron chi connectivity index (χ3n) is 5.08. The standard InChI is InChI=1S/C22H13F3N6OS/c1-31-10-16(22(23,24)25)28-20(31)12-7-5-11(6-8-12)19-29-21(32-30-19)13-3-2-4-15-17(13)14(9-26)18(27)33-15/h2-8,10H,27H2,1H3. The molecule has 0 saturated carbocycles. The molecule has 0 spiro atoms. The van der Waals surface area contributed by atoms with E-state index >= 15 is 0 Å². The average Bonchev–Trinajstić information content (AvgIpc) is 3.49. The number of nitrogen functional groups attached to an aromatic ring is 1. The predicted molar refractivity (Wildman–Crippen MR) is 117 cm³/mol. The molecule has 33 heavy (non-hydrogen) atoms. The highest BCUT2D eigenvalue weighted by atomic mass is 32.1. The first-order valence-corrected chi connectivity index (χ1v) is 10.3.